The second-order valence-electron chi connectivity index (χ2n) is 7.70. The van der Waals surface area contributed by atoms with Gasteiger partial charge in [0.15, 0.2) is 5.82 Å². The molecule has 1 aliphatic carbocycles. The van der Waals surface area contributed by atoms with Crippen LogP contribution in [-0.4, -0.2) is 45.5 Å². The van der Waals surface area contributed by atoms with Crippen LogP contribution in [0, 0.1) is 25.2 Å². The van der Waals surface area contributed by atoms with Crippen molar-refractivity contribution < 1.29 is 4.74 Å². The first-order valence-electron chi connectivity index (χ1n) is 8.59. The van der Waals surface area contributed by atoms with Crippen LogP contribution in [0.2, 0.25) is 0 Å². The topological polar surface area (TPSA) is 56.1 Å². The Morgan fingerprint density at radius 2 is 2.08 bits per heavy atom. The van der Waals surface area contributed by atoms with E-state index in [9.17, 15) is 0 Å². The summed E-state index contributed by atoms with van der Waals surface area (Å²) in [7, 11) is 2.12. The van der Waals surface area contributed by atoms with Crippen molar-refractivity contribution in [3.8, 4) is 5.82 Å². The number of nitrogens with zero attached hydrogens (tertiary/aromatic N) is 5. The maximum absolute atomic E-state index is 5.92. The van der Waals surface area contributed by atoms with Crippen LogP contribution in [0.25, 0.3) is 5.82 Å². The van der Waals surface area contributed by atoms with Crippen LogP contribution in [0.1, 0.15) is 31.7 Å². The summed E-state index contributed by atoms with van der Waals surface area (Å²) in [5.74, 6) is 2.24. The number of rotatable bonds is 3. The van der Waals surface area contributed by atoms with Gasteiger partial charge in [0.2, 0.25) is 0 Å². The van der Waals surface area contributed by atoms with Crippen molar-refractivity contribution >= 4 is 5.82 Å². The summed E-state index contributed by atoms with van der Waals surface area (Å²) in [5.41, 5.74) is 2.18. The summed E-state index contributed by atoms with van der Waals surface area (Å²) in [6, 6.07) is 2.48. The van der Waals surface area contributed by atoms with Crippen LogP contribution < -0.4 is 4.90 Å². The standard InChI is InChI=1S/C18H25N5O/c1-11-8-12(2)23(21-11)15-10-19-9-14(20-15)22(5)16-13-6-7-24-17(13)18(16,3)4/h8-10,13,16-17H,6-7H2,1-5H3/t13-,16+,17+/m0/s1. The second-order valence-corrected chi connectivity index (χ2v) is 7.70. The maximum Gasteiger partial charge on any atom is 0.174 e. The van der Waals surface area contributed by atoms with Crippen molar-refractivity contribution in [3.05, 3.63) is 29.8 Å². The number of fused-ring (bicyclic) bond motifs is 1. The fraction of sp³-hybridized carbons (Fsp3) is 0.611. The van der Waals surface area contributed by atoms with Gasteiger partial charge in [0.25, 0.3) is 0 Å². The molecule has 1 saturated carbocycles. The Hall–Kier alpha value is -1.95. The van der Waals surface area contributed by atoms with E-state index in [1.165, 1.54) is 0 Å². The molecule has 0 unspecified atom stereocenters. The van der Waals surface area contributed by atoms with Crippen molar-refractivity contribution in [3.63, 3.8) is 0 Å². The van der Waals surface area contributed by atoms with E-state index in [2.05, 4.69) is 35.9 Å². The minimum atomic E-state index is 0.131. The van der Waals surface area contributed by atoms with Gasteiger partial charge in [-0.3, -0.25) is 4.98 Å². The van der Waals surface area contributed by atoms with Gasteiger partial charge in [-0.1, -0.05) is 13.8 Å². The van der Waals surface area contributed by atoms with Gasteiger partial charge in [-0.15, -0.1) is 0 Å². The largest absolute Gasteiger partial charge is 0.377 e. The molecule has 0 aromatic carbocycles. The molecule has 1 aliphatic heterocycles. The zero-order valence-corrected chi connectivity index (χ0v) is 15.0. The van der Waals surface area contributed by atoms with Gasteiger partial charge in [-0.05, 0) is 26.3 Å². The summed E-state index contributed by atoms with van der Waals surface area (Å²) in [6.45, 7) is 9.48. The lowest BCUT2D eigenvalue weighted by Crippen LogP contribution is -2.66. The van der Waals surface area contributed by atoms with Gasteiger partial charge in [0.05, 0.1) is 24.2 Å². The Labute approximate surface area is 142 Å². The summed E-state index contributed by atoms with van der Waals surface area (Å²) in [5, 5.41) is 4.52. The molecule has 2 aromatic heterocycles. The van der Waals surface area contributed by atoms with E-state index >= 15 is 0 Å². The monoisotopic (exact) mass is 327 g/mol. The van der Waals surface area contributed by atoms with Crippen molar-refractivity contribution in [2.24, 2.45) is 11.3 Å². The zero-order chi connectivity index (χ0) is 17.1. The highest BCUT2D eigenvalue weighted by Gasteiger charge is 2.61. The average molecular weight is 327 g/mol. The predicted octanol–water partition coefficient (Wildman–Crippen LogP) is 2.53. The van der Waals surface area contributed by atoms with Crippen molar-refractivity contribution in [2.75, 3.05) is 18.6 Å². The number of aromatic nitrogens is 4. The number of hydrogen-bond acceptors (Lipinski definition) is 5. The third-order valence-electron chi connectivity index (χ3n) is 5.65. The number of ether oxygens (including phenoxy) is 1. The van der Waals surface area contributed by atoms with E-state index in [1.54, 1.807) is 6.20 Å². The van der Waals surface area contributed by atoms with Crippen molar-refractivity contribution in [1.29, 1.82) is 0 Å². The molecule has 24 heavy (non-hydrogen) atoms. The molecule has 2 aromatic rings. The molecule has 3 atom stereocenters. The number of anilines is 1. The highest BCUT2D eigenvalue weighted by atomic mass is 16.5. The summed E-state index contributed by atoms with van der Waals surface area (Å²) >= 11 is 0. The molecule has 2 fully saturated rings. The molecule has 4 rings (SSSR count). The van der Waals surface area contributed by atoms with E-state index in [0.717, 1.165) is 36.1 Å². The van der Waals surface area contributed by atoms with Crippen molar-refractivity contribution in [1.82, 2.24) is 19.7 Å². The third kappa shape index (κ3) is 2.16. The van der Waals surface area contributed by atoms with Crippen LogP contribution >= 0.6 is 0 Å². The van der Waals surface area contributed by atoms with Crippen LogP contribution in [-0.2, 0) is 4.74 Å². The van der Waals surface area contributed by atoms with Crippen molar-refractivity contribution in [2.45, 2.75) is 46.3 Å². The second kappa shape index (κ2) is 5.28. The van der Waals surface area contributed by atoms with E-state index in [1.807, 2.05) is 30.8 Å². The van der Waals surface area contributed by atoms with Gasteiger partial charge < -0.3 is 9.64 Å². The van der Waals surface area contributed by atoms with E-state index < -0.39 is 0 Å². The molecular formula is C18H25N5O. The molecule has 2 aliphatic rings. The quantitative estimate of drug-likeness (QED) is 0.867. The lowest BCUT2D eigenvalue weighted by molar-refractivity contribution is -0.101. The summed E-state index contributed by atoms with van der Waals surface area (Å²) in [4.78, 5) is 11.5. The predicted molar refractivity (Wildman–Crippen MR) is 92.4 cm³/mol. The molecule has 0 N–H and O–H groups in total. The van der Waals surface area contributed by atoms with Gasteiger partial charge in [0.1, 0.15) is 5.82 Å². The number of aryl methyl sites for hydroxylation is 2. The van der Waals surface area contributed by atoms with Gasteiger partial charge in [-0.2, -0.15) is 5.10 Å². The van der Waals surface area contributed by atoms with Gasteiger partial charge in [0, 0.05) is 36.7 Å². The van der Waals surface area contributed by atoms with Crippen LogP contribution in [0.3, 0.4) is 0 Å². The molecular weight excluding hydrogens is 302 g/mol. The van der Waals surface area contributed by atoms with E-state index in [-0.39, 0.29) is 5.41 Å². The first-order chi connectivity index (χ1) is 11.4. The first-order valence-corrected chi connectivity index (χ1v) is 8.59. The summed E-state index contributed by atoms with van der Waals surface area (Å²) in [6.07, 6.45) is 5.11. The third-order valence-corrected chi connectivity index (χ3v) is 5.65. The Morgan fingerprint density at radius 1 is 1.29 bits per heavy atom. The molecule has 3 heterocycles. The minimum absolute atomic E-state index is 0.131. The SMILES string of the molecule is Cc1cc(C)n(-c2cncc(N(C)[C@@H]3[C@@H]4CCO[C@H]4C3(C)C)n2)n1. The highest BCUT2D eigenvalue weighted by Crippen LogP contribution is 2.54. The summed E-state index contributed by atoms with van der Waals surface area (Å²) < 4.78 is 7.77. The lowest BCUT2D eigenvalue weighted by atomic mass is 9.57. The molecule has 1 saturated heterocycles. The van der Waals surface area contributed by atoms with Gasteiger partial charge in [-0.25, -0.2) is 9.67 Å². The smallest absolute Gasteiger partial charge is 0.174 e. The average Bonchev–Trinajstić information content (AvgIpc) is 3.12. The molecule has 0 radical (unpaired) electrons. The van der Waals surface area contributed by atoms with E-state index in [0.29, 0.717) is 18.1 Å². The maximum atomic E-state index is 5.92. The molecule has 0 bridgehead atoms. The fourth-order valence-electron chi connectivity index (χ4n) is 4.70. The normalized spacial score (nSPS) is 27.6. The van der Waals surface area contributed by atoms with Crippen LogP contribution in [0.15, 0.2) is 18.5 Å². The first kappa shape index (κ1) is 15.6. The Bertz CT molecular complexity index is 769. The zero-order valence-electron chi connectivity index (χ0n) is 15.0. The molecule has 6 nitrogen and oxygen atoms in total. The van der Waals surface area contributed by atoms with E-state index in [4.69, 9.17) is 9.72 Å². The molecule has 0 amide bonds. The highest BCUT2D eigenvalue weighted by molar-refractivity contribution is 5.43. The Morgan fingerprint density at radius 3 is 2.79 bits per heavy atom. The Balaban J connectivity index is 1.65. The van der Waals surface area contributed by atoms with Gasteiger partial charge >= 0.3 is 0 Å². The molecule has 0 spiro atoms. The fourth-order valence-corrected chi connectivity index (χ4v) is 4.70. The van der Waals surface area contributed by atoms with Crippen LogP contribution in [0.5, 0.6) is 0 Å². The molecule has 128 valence electrons. The Kier molecular flexibility index (Phi) is 3.42. The molecule has 6 heteroatoms. The van der Waals surface area contributed by atoms with Crippen LogP contribution in [0.4, 0.5) is 5.82 Å². The number of hydrogen-bond donors (Lipinski definition) is 0. The minimum Gasteiger partial charge on any atom is -0.377 e. The lowest BCUT2D eigenvalue weighted by Gasteiger charge is -2.58.